The van der Waals surface area contributed by atoms with E-state index in [0.717, 1.165) is 10.9 Å². The molecule has 0 saturated carbocycles. The number of nitrogens with zero attached hydrogens (tertiary/aromatic N) is 1. The number of amides is 1. The predicted molar refractivity (Wildman–Crippen MR) is 98.7 cm³/mol. The van der Waals surface area contributed by atoms with E-state index in [2.05, 4.69) is 32.0 Å². The zero-order chi connectivity index (χ0) is 15.7. The fourth-order valence-corrected chi connectivity index (χ4v) is 3.81. The van der Waals surface area contributed by atoms with E-state index >= 15 is 0 Å². The van der Waals surface area contributed by atoms with Crippen molar-refractivity contribution in [2.45, 2.75) is 13.8 Å². The molecule has 0 unspecified atom stereocenters. The zero-order valence-corrected chi connectivity index (χ0v) is 14.2. The van der Waals surface area contributed by atoms with Crippen molar-refractivity contribution in [2.24, 2.45) is 5.92 Å². The number of hydrogen-bond donors (Lipinski definition) is 0. The first-order chi connectivity index (χ1) is 10.6. The van der Waals surface area contributed by atoms with E-state index in [1.807, 2.05) is 30.3 Å². The molecule has 2 aromatic rings. The third-order valence-electron chi connectivity index (χ3n) is 3.53. The summed E-state index contributed by atoms with van der Waals surface area (Å²) in [7, 11) is 0. The van der Waals surface area contributed by atoms with Gasteiger partial charge in [0.15, 0.2) is 0 Å². The Morgan fingerprint density at radius 2 is 1.91 bits per heavy atom. The molecule has 0 spiro atoms. The molecule has 0 aromatic heterocycles. The van der Waals surface area contributed by atoms with Gasteiger partial charge in [-0.3, -0.25) is 9.69 Å². The van der Waals surface area contributed by atoms with E-state index in [4.69, 9.17) is 12.2 Å². The monoisotopic (exact) mass is 327 g/mol. The summed E-state index contributed by atoms with van der Waals surface area (Å²) in [6.45, 7) is 4.86. The molecule has 22 heavy (non-hydrogen) atoms. The molecular formula is C18H17NOS2. The predicted octanol–water partition coefficient (Wildman–Crippen LogP) is 4.70. The van der Waals surface area contributed by atoms with Crippen LogP contribution in [0.4, 0.5) is 0 Å². The highest BCUT2D eigenvalue weighted by atomic mass is 32.2. The summed E-state index contributed by atoms with van der Waals surface area (Å²) < 4.78 is 0.658. The van der Waals surface area contributed by atoms with E-state index in [1.165, 1.54) is 17.1 Å². The van der Waals surface area contributed by atoms with Gasteiger partial charge >= 0.3 is 0 Å². The van der Waals surface area contributed by atoms with Gasteiger partial charge in [-0.1, -0.05) is 80.3 Å². The van der Waals surface area contributed by atoms with Crippen LogP contribution in [0.25, 0.3) is 16.8 Å². The van der Waals surface area contributed by atoms with Crippen molar-refractivity contribution in [1.29, 1.82) is 0 Å². The molecule has 0 bridgehead atoms. The molecule has 112 valence electrons. The van der Waals surface area contributed by atoms with E-state index in [-0.39, 0.29) is 5.91 Å². The Hall–Kier alpha value is -1.65. The maximum absolute atomic E-state index is 12.5. The van der Waals surface area contributed by atoms with Gasteiger partial charge in [0.25, 0.3) is 5.91 Å². The number of hydrogen-bond acceptors (Lipinski definition) is 3. The Labute approximate surface area is 140 Å². The number of thioether (sulfide) groups is 1. The Kier molecular flexibility index (Phi) is 4.32. The van der Waals surface area contributed by atoms with Crippen molar-refractivity contribution < 1.29 is 4.79 Å². The summed E-state index contributed by atoms with van der Waals surface area (Å²) >= 11 is 6.75. The summed E-state index contributed by atoms with van der Waals surface area (Å²) in [5.74, 6) is 0.427. The van der Waals surface area contributed by atoms with Crippen molar-refractivity contribution in [3.05, 3.63) is 52.9 Å². The number of carbonyl (C=O) groups excluding carboxylic acids is 1. The van der Waals surface area contributed by atoms with Crippen LogP contribution in [0.2, 0.25) is 0 Å². The minimum atomic E-state index is 0.0247. The molecule has 1 fully saturated rings. The summed E-state index contributed by atoms with van der Waals surface area (Å²) in [4.78, 5) is 15.0. The molecule has 1 amide bonds. The SMILES string of the molecule is CC(C)CN1C(=O)C(=Cc2cccc3ccccc23)SC1=S. The number of carbonyl (C=O) groups is 1. The van der Waals surface area contributed by atoms with Crippen LogP contribution < -0.4 is 0 Å². The van der Waals surface area contributed by atoms with Gasteiger partial charge in [0.2, 0.25) is 0 Å². The highest BCUT2D eigenvalue weighted by Crippen LogP contribution is 2.34. The highest BCUT2D eigenvalue weighted by Gasteiger charge is 2.32. The Balaban J connectivity index is 1.98. The van der Waals surface area contributed by atoms with Crippen LogP contribution in [0.1, 0.15) is 19.4 Å². The van der Waals surface area contributed by atoms with Gasteiger partial charge in [-0.2, -0.15) is 0 Å². The van der Waals surface area contributed by atoms with Gasteiger partial charge < -0.3 is 0 Å². The van der Waals surface area contributed by atoms with Crippen LogP contribution in [0.5, 0.6) is 0 Å². The van der Waals surface area contributed by atoms with Crippen LogP contribution in [-0.2, 0) is 4.79 Å². The summed E-state index contributed by atoms with van der Waals surface area (Å²) in [5, 5.41) is 2.33. The fourth-order valence-electron chi connectivity index (χ4n) is 2.54. The van der Waals surface area contributed by atoms with Crippen LogP contribution in [0, 0.1) is 5.92 Å². The molecule has 0 aliphatic carbocycles. The molecule has 1 aliphatic rings. The lowest BCUT2D eigenvalue weighted by Gasteiger charge is -2.16. The molecular weight excluding hydrogens is 310 g/mol. The first-order valence-corrected chi connectivity index (χ1v) is 8.52. The van der Waals surface area contributed by atoms with Gasteiger partial charge in [-0.25, -0.2) is 0 Å². The normalized spacial score (nSPS) is 17.2. The maximum atomic E-state index is 12.5. The smallest absolute Gasteiger partial charge is 0.266 e. The van der Waals surface area contributed by atoms with Gasteiger partial charge in [0.05, 0.1) is 4.91 Å². The third-order valence-corrected chi connectivity index (χ3v) is 4.91. The second-order valence-corrected chi connectivity index (χ2v) is 7.43. The largest absolute Gasteiger partial charge is 0.293 e. The molecule has 2 aromatic carbocycles. The minimum Gasteiger partial charge on any atom is -0.293 e. The van der Waals surface area contributed by atoms with E-state index in [1.54, 1.807) is 4.90 Å². The third kappa shape index (κ3) is 2.94. The maximum Gasteiger partial charge on any atom is 0.266 e. The van der Waals surface area contributed by atoms with Gasteiger partial charge in [-0.15, -0.1) is 0 Å². The lowest BCUT2D eigenvalue weighted by molar-refractivity contribution is -0.122. The number of thiocarbonyl (C=S) groups is 1. The molecule has 2 nitrogen and oxygen atoms in total. The van der Waals surface area contributed by atoms with Crippen molar-refractivity contribution in [3.8, 4) is 0 Å². The molecule has 4 heteroatoms. The highest BCUT2D eigenvalue weighted by molar-refractivity contribution is 8.26. The number of fused-ring (bicyclic) bond motifs is 1. The zero-order valence-electron chi connectivity index (χ0n) is 12.6. The molecule has 0 radical (unpaired) electrons. The van der Waals surface area contributed by atoms with Crippen molar-refractivity contribution >= 4 is 51.1 Å². The van der Waals surface area contributed by atoms with Crippen LogP contribution in [0.3, 0.4) is 0 Å². The Morgan fingerprint density at radius 3 is 2.68 bits per heavy atom. The summed E-state index contributed by atoms with van der Waals surface area (Å²) in [6, 6.07) is 14.3. The first-order valence-electron chi connectivity index (χ1n) is 7.29. The van der Waals surface area contributed by atoms with Gasteiger partial charge in [0, 0.05) is 6.54 Å². The van der Waals surface area contributed by atoms with Crippen molar-refractivity contribution in [3.63, 3.8) is 0 Å². The second-order valence-electron chi connectivity index (χ2n) is 5.75. The van der Waals surface area contributed by atoms with Gasteiger partial charge in [-0.05, 0) is 28.3 Å². The minimum absolute atomic E-state index is 0.0247. The quantitative estimate of drug-likeness (QED) is 0.602. The standard InChI is InChI=1S/C18H17NOS2/c1-12(2)11-19-17(20)16(22-18(19)21)10-14-8-5-7-13-6-3-4-9-15(13)14/h3-10,12H,11H2,1-2H3. The van der Waals surface area contributed by atoms with E-state index < -0.39 is 0 Å². The van der Waals surface area contributed by atoms with Crippen molar-refractivity contribution in [1.82, 2.24) is 4.90 Å². The van der Waals surface area contributed by atoms with Gasteiger partial charge in [0.1, 0.15) is 4.32 Å². The second kappa shape index (κ2) is 6.23. The van der Waals surface area contributed by atoms with E-state index in [9.17, 15) is 4.79 Å². The first kappa shape index (κ1) is 15.3. The Morgan fingerprint density at radius 1 is 1.18 bits per heavy atom. The molecule has 1 saturated heterocycles. The molecule has 1 heterocycles. The van der Waals surface area contributed by atoms with E-state index in [0.29, 0.717) is 21.7 Å². The molecule has 0 atom stereocenters. The van der Waals surface area contributed by atoms with Crippen LogP contribution >= 0.6 is 24.0 Å². The lowest BCUT2D eigenvalue weighted by atomic mass is 10.0. The summed E-state index contributed by atoms with van der Waals surface area (Å²) in [6.07, 6.45) is 1.96. The molecule has 0 N–H and O–H groups in total. The molecule has 3 rings (SSSR count). The Bertz CT molecular complexity index is 774. The topological polar surface area (TPSA) is 20.3 Å². The van der Waals surface area contributed by atoms with Crippen LogP contribution in [-0.4, -0.2) is 21.7 Å². The number of rotatable bonds is 3. The van der Waals surface area contributed by atoms with Crippen molar-refractivity contribution in [2.75, 3.05) is 6.54 Å². The average Bonchev–Trinajstić information content (AvgIpc) is 2.75. The van der Waals surface area contributed by atoms with Crippen LogP contribution in [0.15, 0.2) is 47.4 Å². The lowest BCUT2D eigenvalue weighted by Crippen LogP contribution is -2.31. The fraction of sp³-hybridized carbons (Fsp3) is 0.222. The molecule has 1 aliphatic heterocycles. The summed E-state index contributed by atoms with van der Waals surface area (Å²) in [5.41, 5.74) is 1.06. The average molecular weight is 327 g/mol. The number of benzene rings is 2.